The number of benzene rings is 2. The van der Waals surface area contributed by atoms with E-state index in [2.05, 4.69) is 5.32 Å². The topological polar surface area (TPSA) is 67.0 Å². The van der Waals surface area contributed by atoms with Crippen molar-refractivity contribution in [3.05, 3.63) is 82.9 Å². The Kier molecular flexibility index (Phi) is 5.46. The lowest BCUT2D eigenvalue weighted by Crippen LogP contribution is -2.28. The number of rotatable bonds is 5. The molecule has 3 rings (SSSR count). The molecule has 28 heavy (non-hydrogen) atoms. The van der Waals surface area contributed by atoms with Gasteiger partial charge in [-0.3, -0.25) is 4.79 Å². The first-order valence-corrected chi connectivity index (χ1v) is 8.74. The maximum absolute atomic E-state index is 14.0. The minimum Gasteiger partial charge on any atom is -0.497 e. The van der Waals surface area contributed by atoms with Gasteiger partial charge in [-0.15, -0.1) is 0 Å². The first-order chi connectivity index (χ1) is 13.5. The van der Waals surface area contributed by atoms with E-state index in [0.29, 0.717) is 17.0 Å². The zero-order valence-electron chi connectivity index (χ0n) is 15.9. The van der Waals surface area contributed by atoms with Crippen molar-refractivity contribution in [1.82, 2.24) is 9.88 Å². The van der Waals surface area contributed by atoms with Crippen LogP contribution in [-0.4, -0.2) is 17.6 Å². The molecule has 0 aliphatic heterocycles. The summed E-state index contributed by atoms with van der Waals surface area (Å²) in [6.07, 6.45) is 0. The van der Waals surface area contributed by atoms with E-state index in [4.69, 9.17) is 4.74 Å². The van der Waals surface area contributed by atoms with Crippen LogP contribution in [0, 0.1) is 31.0 Å². The molecule has 0 fully saturated rings. The molecule has 2 aromatic carbocycles. The van der Waals surface area contributed by atoms with Crippen LogP contribution in [0.25, 0.3) is 5.69 Å². The Morgan fingerprint density at radius 1 is 1.18 bits per heavy atom. The molecule has 0 spiro atoms. The number of nitrogens with one attached hydrogen (secondary N) is 1. The van der Waals surface area contributed by atoms with Gasteiger partial charge in [0.1, 0.15) is 17.6 Å². The number of methoxy groups -OCH3 is 1. The Bertz CT molecular complexity index is 1070. The van der Waals surface area contributed by atoms with Crippen LogP contribution in [0.4, 0.5) is 4.39 Å². The average Bonchev–Trinajstić information content (AvgIpc) is 3.01. The van der Waals surface area contributed by atoms with Crippen LogP contribution in [0.15, 0.2) is 54.6 Å². The largest absolute Gasteiger partial charge is 0.497 e. The van der Waals surface area contributed by atoms with E-state index in [1.54, 1.807) is 19.2 Å². The number of hydrogen-bond acceptors (Lipinski definition) is 3. The van der Waals surface area contributed by atoms with Crippen LogP contribution in [-0.2, 0) is 0 Å². The van der Waals surface area contributed by atoms with Crippen LogP contribution >= 0.6 is 0 Å². The maximum atomic E-state index is 14.0. The lowest BCUT2D eigenvalue weighted by Gasteiger charge is -2.14. The van der Waals surface area contributed by atoms with Crippen LogP contribution in [0.5, 0.6) is 5.75 Å². The molecular formula is C22H20FN3O2. The predicted molar refractivity (Wildman–Crippen MR) is 104 cm³/mol. The van der Waals surface area contributed by atoms with Gasteiger partial charge in [0.2, 0.25) is 0 Å². The molecule has 0 aliphatic carbocycles. The van der Waals surface area contributed by atoms with Gasteiger partial charge in [0.15, 0.2) is 0 Å². The minimum absolute atomic E-state index is 0.139. The Labute approximate surface area is 163 Å². The van der Waals surface area contributed by atoms with E-state index in [0.717, 1.165) is 11.4 Å². The summed E-state index contributed by atoms with van der Waals surface area (Å²) in [5.41, 5.74) is 3.00. The zero-order valence-corrected chi connectivity index (χ0v) is 15.9. The summed E-state index contributed by atoms with van der Waals surface area (Å²) < 4.78 is 21.2. The van der Waals surface area contributed by atoms with Gasteiger partial charge in [-0.2, -0.15) is 5.26 Å². The van der Waals surface area contributed by atoms with Crippen molar-refractivity contribution in [2.45, 2.75) is 19.9 Å². The van der Waals surface area contributed by atoms with Crippen LogP contribution in [0.1, 0.15) is 33.4 Å². The van der Waals surface area contributed by atoms with E-state index in [9.17, 15) is 14.4 Å². The van der Waals surface area contributed by atoms with Gasteiger partial charge < -0.3 is 14.6 Å². The second-order valence-corrected chi connectivity index (χ2v) is 6.38. The molecule has 0 radical (unpaired) electrons. The molecule has 1 amide bonds. The molecule has 1 atom stereocenters. The number of nitriles is 1. The number of amides is 1. The zero-order chi connectivity index (χ0) is 20.3. The molecule has 3 aromatic rings. The third-order valence-corrected chi connectivity index (χ3v) is 4.61. The molecule has 6 heteroatoms. The summed E-state index contributed by atoms with van der Waals surface area (Å²) in [5.74, 6) is -0.256. The van der Waals surface area contributed by atoms with Crippen LogP contribution < -0.4 is 10.1 Å². The molecule has 0 bridgehead atoms. The molecule has 0 saturated heterocycles. The van der Waals surface area contributed by atoms with E-state index in [1.807, 2.05) is 48.7 Å². The third kappa shape index (κ3) is 3.60. The molecule has 5 nitrogen and oxygen atoms in total. The van der Waals surface area contributed by atoms with Gasteiger partial charge in [-0.25, -0.2) is 4.39 Å². The van der Waals surface area contributed by atoms with Crippen molar-refractivity contribution in [3.8, 4) is 17.5 Å². The Morgan fingerprint density at radius 3 is 2.61 bits per heavy atom. The number of carbonyl (C=O) groups excluding carboxylic acids is 1. The number of aromatic nitrogens is 1. The van der Waals surface area contributed by atoms with Crippen molar-refractivity contribution in [1.29, 1.82) is 5.26 Å². The van der Waals surface area contributed by atoms with Crippen molar-refractivity contribution in [2.75, 3.05) is 7.11 Å². The number of halogens is 1. The Morgan fingerprint density at radius 2 is 1.93 bits per heavy atom. The Hall–Kier alpha value is -3.59. The highest BCUT2D eigenvalue weighted by molar-refractivity contribution is 5.96. The maximum Gasteiger partial charge on any atom is 0.254 e. The number of aryl methyl sites for hydroxylation is 1. The summed E-state index contributed by atoms with van der Waals surface area (Å²) in [7, 11) is 1.60. The Balaban J connectivity index is 1.93. The summed E-state index contributed by atoms with van der Waals surface area (Å²) in [5, 5.41) is 12.0. The third-order valence-electron chi connectivity index (χ3n) is 4.61. The second-order valence-electron chi connectivity index (χ2n) is 6.38. The van der Waals surface area contributed by atoms with Gasteiger partial charge in [-0.05, 0) is 38.1 Å². The molecule has 1 unspecified atom stereocenters. The van der Waals surface area contributed by atoms with E-state index < -0.39 is 17.8 Å². The van der Waals surface area contributed by atoms with Gasteiger partial charge in [-0.1, -0.05) is 24.3 Å². The fourth-order valence-electron chi connectivity index (χ4n) is 3.24. The van der Waals surface area contributed by atoms with Crippen molar-refractivity contribution in [2.24, 2.45) is 0 Å². The lowest BCUT2D eigenvalue weighted by molar-refractivity contribution is 0.0944. The first-order valence-electron chi connectivity index (χ1n) is 8.74. The highest BCUT2D eigenvalue weighted by Gasteiger charge is 2.22. The smallest absolute Gasteiger partial charge is 0.254 e. The van der Waals surface area contributed by atoms with Crippen molar-refractivity contribution < 1.29 is 13.9 Å². The highest BCUT2D eigenvalue weighted by atomic mass is 19.1. The standard InChI is InChI=1S/C22H20FN3O2/c1-14-11-19(15(2)26(14)16-7-6-8-17(12-16)28-3)22(27)25-21(13-24)18-9-4-5-10-20(18)23/h4-12,21H,1-3H3,(H,25,27). The molecule has 0 aliphatic rings. The normalized spacial score (nSPS) is 11.5. The van der Waals surface area contributed by atoms with Gasteiger partial charge in [0.05, 0.1) is 18.7 Å². The molecule has 0 saturated carbocycles. The number of carbonyl (C=O) groups is 1. The van der Waals surface area contributed by atoms with E-state index in [-0.39, 0.29) is 5.56 Å². The number of hydrogen-bond donors (Lipinski definition) is 1. The lowest BCUT2D eigenvalue weighted by atomic mass is 10.1. The molecule has 1 aromatic heterocycles. The van der Waals surface area contributed by atoms with Gasteiger partial charge in [0, 0.05) is 28.7 Å². The second kappa shape index (κ2) is 7.97. The van der Waals surface area contributed by atoms with Gasteiger partial charge in [0.25, 0.3) is 5.91 Å². The summed E-state index contributed by atoms with van der Waals surface area (Å²) in [4.78, 5) is 12.8. The quantitative estimate of drug-likeness (QED) is 0.723. The highest BCUT2D eigenvalue weighted by Crippen LogP contribution is 2.24. The fourth-order valence-corrected chi connectivity index (χ4v) is 3.24. The molecule has 1 N–H and O–H groups in total. The molecular weight excluding hydrogens is 357 g/mol. The van der Waals surface area contributed by atoms with Crippen LogP contribution in [0.3, 0.4) is 0 Å². The van der Waals surface area contributed by atoms with Crippen LogP contribution in [0.2, 0.25) is 0 Å². The average molecular weight is 377 g/mol. The number of nitrogens with zero attached hydrogens (tertiary/aromatic N) is 2. The summed E-state index contributed by atoms with van der Waals surface area (Å²) in [6.45, 7) is 3.72. The first kappa shape index (κ1) is 19.2. The molecule has 142 valence electrons. The van der Waals surface area contributed by atoms with Gasteiger partial charge >= 0.3 is 0 Å². The number of ether oxygens (including phenoxy) is 1. The minimum atomic E-state index is -1.08. The monoisotopic (exact) mass is 377 g/mol. The van der Waals surface area contributed by atoms with E-state index >= 15 is 0 Å². The van der Waals surface area contributed by atoms with E-state index in [1.165, 1.54) is 18.2 Å². The van der Waals surface area contributed by atoms with Crippen molar-refractivity contribution >= 4 is 5.91 Å². The summed E-state index contributed by atoms with van der Waals surface area (Å²) in [6, 6.07) is 16.1. The fraction of sp³-hybridized carbons (Fsp3) is 0.182. The summed E-state index contributed by atoms with van der Waals surface area (Å²) >= 11 is 0. The molecule has 1 heterocycles. The predicted octanol–water partition coefficient (Wildman–Crippen LogP) is 4.24. The SMILES string of the molecule is COc1cccc(-n2c(C)cc(C(=O)NC(C#N)c3ccccc3F)c2C)c1. The van der Waals surface area contributed by atoms with Crippen molar-refractivity contribution in [3.63, 3.8) is 0 Å².